The third-order valence-corrected chi connectivity index (χ3v) is 3.54. The van der Waals surface area contributed by atoms with Crippen LogP contribution in [0.5, 0.6) is 0 Å². The van der Waals surface area contributed by atoms with Gasteiger partial charge in [0.05, 0.1) is 6.10 Å². The fourth-order valence-corrected chi connectivity index (χ4v) is 2.69. The first-order valence-corrected chi connectivity index (χ1v) is 6.18. The van der Waals surface area contributed by atoms with Gasteiger partial charge in [0.25, 0.3) is 0 Å². The zero-order chi connectivity index (χ0) is 12.1. The molecule has 0 heterocycles. The Kier molecular flexibility index (Phi) is 5.25. The van der Waals surface area contributed by atoms with Gasteiger partial charge in [0.2, 0.25) is 0 Å². The predicted molar refractivity (Wildman–Crippen MR) is 64.1 cm³/mol. The van der Waals surface area contributed by atoms with Gasteiger partial charge in [-0.25, -0.2) is 4.39 Å². The Hall–Kier alpha value is -0.580. The van der Waals surface area contributed by atoms with Crippen LogP contribution in [0.1, 0.15) is 31.9 Å². The van der Waals surface area contributed by atoms with Crippen molar-refractivity contribution in [3.05, 3.63) is 29.6 Å². The van der Waals surface area contributed by atoms with Gasteiger partial charge in [-0.05, 0) is 25.5 Å². The molecule has 0 aliphatic rings. The summed E-state index contributed by atoms with van der Waals surface area (Å²) >= 11 is 1.48. The van der Waals surface area contributed by atoms with Crippen LogP contribution in [-0.4, -0.2) is 22.1 Å². The number of hydrogen-bond donors (Lipinski definition) is 2. The van der Waals surface area contributed by atoms with E-state index in [4.69, 9.17) is 5.11 Å². The monoisotopic (exact) mass is 244 g/mol. The largest absolute Gasteiger partial charge is 0.396 e. The summed E-state index contributed by atoms with van der Waals surface area (Å²) in [4.78, 5) is 0.746. The summed E-state index contributed by atoms with van der Waals surface area (Å²) in [6.07, 6.45) is -0.162. The van der Waals surface area contributed by atoms with E-state index >= 15 is 0 Å². The molecule has 1 rings (SSSR count). The summed E-state index contributed by atoms with van der Waals surface area (Å²) in [7, 11) is 0. The highest BCUT2D eigenvalue weighted by molar-refractivity contribution is 8.00. The third kappa shape index (κ3) is 3.47. The van der Waals surface area contributed by atoms with Gasteiger partial charge in [0.15, 0.2) is 0 Å². The van der Waals surface area contributed by atoms with E-state index in [1.165, 1.54) is 17.8 Å². The van der Waals surface area contributed by atoms with Crippen molar-refractivity contribution in [2.24, 2.45) is 0 Å². The Morgan fingerprint density at radius 2 is 2.06 bits per heavy atom. The van der Waals surface area contributed by atoms with Gasteiger partial charge < -0.3 is 10.2 Å². The smallest absolute Gasteiger partial charge is 0.130 e. The molecule has 1 aromatic rings. The maximum Gasteiger partial charge on any atom is 0.130 e. The number of hydrogen-bond acceptors (Lipinski definition) is 3. The summed E-state index contributed by atoms with van der Waals surface area (Å²) < 4.78 is 13.5. The van der Waals surface area contributed by atoms with Crippen molar-refractivity contribution in [2.45, 2.75) is 36.5 Å². The topological polar surface area (TPSA) is 40.5 Å². The van der Waals surface area contributed by atoms with Gasteiger partial charge in [0, 0.05) is 22.3 Å². The van der Waals surface area contributed by atoms with E-state index in [0.29, 0.717) is 12.0 Å². The SMILES string of the molecule is CC(CCO)Sc1cccc(F)c1[C@H](C)O. The van der Waals surface area contributed by atoms with E-state index in [2.05, 4.69) is 0 Å². The molecule has 2 nitrogen and oxygen atoms in total. The summed E-state index contributed by atoms with van der Waals surface area (Å²) in [5.41, 5.74) is 0.345. The molecule has 0 amide bonds. The lowest BCUT2D eigenvalue weighted by atomic mass is 10.1. The molecule has 2 N–H and O–H groups in total. The fourth-order valence-electron chi connectivity index (χ4n) is 1.48. The average molecular weight is 244 g/mol. The lowest BCUT2D eigenvalue weighted by Gasteiger charge is -2.15. The molecule has 0 aliphatic carbocycles. The van der Waals surface area contributed by atoms with Crippen molar-refractivity contribution in [1.82, 2.24) is 0 Å². The van der Waals surface area contributed by atoms with Crippen LogP contribution in [0.4, 0.5) is 4.39 Å². The molecule has 0 radical (unpaired) electrons. The Labute approximate surface area is 99.5 Å². The maximum atomic E-state index is 13.5. The van der Waals surface area contributed by atoms with Gasteiger partial charge in [-0.15, -0.1) is 11.8 Å². The summed E-state index contributed by atoms with van der Waals surface area (Å²) in [5, 5.41) is 18.5. The van der Waals surface area contributed by atoms with E-state index in [9.17, 15) is 9.50 Å². The Morgan fingerprint density at radius 1 is 1.38 bits per heavy atom. The van der Waals surface area contributed by atoms with Crippen molar-refractivity contribution in [2.75, 3.05) is 6.61 Å². The minimum Gasteiger partial charge on any atom is -0.396 e. The lowest BCUT2D eigenvalue weighted by Crippen LogP contribution is -2.03. The number of thioether (sulfide) groups is 1. The quantitative estimate of drug-likeness (QED) is 0.782. The Morgan fingerprint density at radius 3 is 2.62 bits per heavy atom. The number of aliphatic hydroxyl groups is 2. The van der Waals surface area contributed by atoms with Crippen LogP contribution in [0, 0.1) is 5.82 Å². The minimum absolute atomic E-state index is 0.119. The molecule has 90 valence electrons. The second kappa shape index (κ2) is 6.23. The van der Waals surface area contributed by atoms with Gasteiger partial charge in [0.1, 0.15) is 5.82 Å². The van der Waals surface area contributed by atoms with E-state index in [-0.39, 0.29) is 17.7 Å². The molecule has 4 heteroatoms. The number of rotatable bonds is 5. The average Bonchev–Trinajstić information content (AvgIpc) is 2.17. The van der Waals surface area contributed by atoms with Crippen LogP contribution in [0.3, 0.4) is 0 Å². The zero-order valence-corrected chi connectivity index (χ0v) is 10.3. The van der Waals surface area contributed by atoms with Crippen molar-refractivity contribution in [3.63, 3.8) is 0 Å². The van der Waals surface area contributed by atoms with Crippen LogP contribution in [-0.2, 0) is 0 Å². The first kappa shape index (κ1) is 13.5. The van der Waals surface area contributed by atoms with Crippen molar-refractivity contribution >= 4 is 11.8 Å². The van der Waals surface area contributed by atoms with Crippen LogP contribution in [0.2, 0.25) is 0 Å². The van der Waals surface area contributed by atoms with Gasteiger partial charge in [-0.1, -0.05) is 13.0 Å². The second-order valence-corrected chi connectivity index (χ2v) is 5.25. The fraction of sp³-hybridized carbons (Fsp3) is 0.500. The molecule has 0 aromatic heterocycles. The Bertz CT molecular complexity index is 342. The minimum atomic E-state index is -0.815. The van der Waals surface area contributed by atoms with Crippen LogP contribution in [0.15, 0.2) is 23.1 Å². The maximum absolute atomic E-state index is 13.5. The van der Waals surface area contributed by atoms with Gasteiger partial charge >= 0.3 is 0 Å². The van der Waals surface area contributed by atoms with Crippen LogP contribution < -0.4 is 0 Å². The first-order valence-electron chi connectivity index (χ1n) is 5.30. The zero-order valence-electron chi connectivity index (χ0n) is 9.48. The molecule has 0 aliphatic heterocycles. The van der Waals surface area contributed by atoms with E-state index in [0.717, 1.165) is 4.90 Å². The molecule has 0 saturated heterocycles. The van der Waals surface area contributed by atoms with Gasteiger partial charge in [-0.2, -0.15) is 0 Å². The van der Waals surface area contributed by atoms with Crippen LogP contribution in [0.25, 0.3) is 0 Å². The molecule has 0 spiro atoms. The van der Waals surface area contributed by atoms with Crippen LogP contribution >= 0.6 is 11.8 Å². The number of benzene rings is 1. The summed E-state index contributed by atoms with van der Waals surface area (Å²) in [6.45, 7) is 3.64. The van der Waals surface area contributed by atoms with E-state index in [1.807, 2.05) is 6.92 Å². The molecule has 1 aromatic carbocycles. The number of halogens is 1. The van der Waals surface area contributed by atoms with Crippen molar-refractivity contribution < 1.29 is 14.6 Å². The summed E-state index contributed by atoms with van der Waals surface area (Å²) in [6, 6.07) is 4.78. The molecule has 0 fully saturated rings. The molecule has 0 saturated carbocycles. The lowest BCUT2D eigenvalue weighted by molar-refractivity contribution is 0.191. The molecular weight excluding hydrogens is 227 g/mol. The molecule has 2 atom stereocenters. The third-order valence-electron chi connectivity index (χ3n) is 2.29. The predicted octanol–water partition coefficient (Wildman–Crippen LogP) is 2.74. The first-order chi connectivity index (χ1) is 7.56. The summed E-state index contributed by atoms with van der Waals surface area (Å²) in [5.74, 6) is -0.379. The molecule has 16 heavy (non-hydrogen) atoms. The van der Waals surface area contributed by atoms with E-state index in [1.54, 1.807) is 19.1 Å². The standard InChI is InChI=1S/C12H17FO2S/c1-8(6-7-14)16-11-5-3-4-10(13)12(11)9(2)15/h3-5,8-9,14-15H,6-7H2,1-2H3/t8?,9-/m0/s1. The number of aliphatic hydroxyl groups excluding tert-OH is 2. The van der Waals surface area contributed by atoms with Crippen molar-refractivity contribution in [1.29, 1.82) is 0 Å². The molecule has 0 bridgehead atoms. The normalized spacial score (nSPS) is 14.8. The second-order valence-electron chi connectivity index (χ2n) is 3.77. The highest BCUT2D eigenvalue weighted by Gasteiger charge is 2.15. The Balaban J connectivity index is 2.90. The molecular formula is C12H17FO2S. The highest BCUT2D eigenvalue weighted by Crippen LogP contribution is 2.33. The highest BCUT2D eigenvalue weighted by atomic mass is 32.2. The molecule has 1 unspecified atom stereocenters. The van der Waals surface area contributed by atoms with Gasteiger partial charge in [-0.3, -0.25) is 0 Å². The van der Waals surface area contributed by atoms with E-state index < -0.39 is 6.10 Å². The van der Waals surface area contributed by atoms with Crippen molar-refractivity contribution in [3.8, 4) is 0 Å².